The van der Waals surface area contributed by atoms with Gasteiger partial charge in [0.25, 0.3) is 0 Å². The van der Waals surface area contributed by atoms with Crippen molar-refractivity contribution in [1.82, 2.24) is 0 Å². The van der Waals surface area contributed by atoms with E-state index in [1.807, 2.05) is 0 Å². The van der Waals surface area contributed by atoms with Gasteiger partial charge in [0.05, 0.1) is 6.10 Å². The van der Waals surface area contributed by atoms with E-state index in [2.05, 4.69) is 19.9 Å². The molecule has 2 unspecified atom stereocenters. The Morgan fingerprint density at radius 2 is 2.20 bits per heavy atom. The van der Waals surface area contributed by atoms with Gasteiger partial charge in [0.2, 0.25) is 0 Å². The molecular weight excluding hydrogens is 188 g/mol. The predicted octanol–water partition coefficient (Wildman–Crippen LogP) is 2.32. The molecule has 2 heteroatoms. The van der Waals surface area contributed by atoms with Crippen LogP contribution in [0.15, 0.2) is 11.6 Å². The Hall–Kier alpha value is -0.630. The molecule has 0 aromatic rings. The third-order valence-corrected chi connectivity index (χ3v) is 4.65. The molecular formula is C13H20O2. The first-order valence-corrected chi connectivity index (χ1v) is 5.86. The van der Waals surface area contributed by atoms with Gasteiger partial charge < -0.3 is 5.11 Å². The summed E-state index contributed by atoms with van der Waals surface area (Å²) in [4.78, 5) is 11.4. The van der Waals surface area contributed by atoms with E-state index >= 15 is 0 Å². The summed E-state index contributed by atoms with van der Waals surface area (Å²) in [5.41, 5.74) is 1.02. The normalized spacial score (nSPS) is 44.8. The Labute approximate surface area is 91.4 Å². The highest BCUT2D eigenvalue weighted by atomic mass is 16.3. The number of aliphatic hydroxyl groups excluding tert-OH is 1. The Morgan fingerprint density at radius 1 is 1.53 bits per heavy atom. The minimum atomic E-state index is -0.200. The van der Waals surface area contributed by atoms with Crippen LogP contribution in [-0.4, -0.2) is 17.0 Å². The zero-order valence-electron chi connectivity index (χ0n) is 9.79. The first-order chi connectivity index (χ1) is 6.95. The van der Waals surface area contributed by atoms with Crippen molar-refractivity contribution in [2.24, 2.45) is 17.3 Å². The van der Waals surface area contributed by atoms with Crippen LogP contribution in [0.5, 0.6) is 0 Å². The number of hydrogen-bond acceptors (Lipinski definition) is 2. The zero-order valence-corrected chi connectivity index (χ0v) is 9.79. The minimum Gasteiger partial charge on any atom is -0.393 e. The fourth-order valence-corrected chi connectivity index (χ4v) is 3.24. The highest BCUT2D eigenvalue weighted by Crippen LogP contribution is 2.53. The summed E-state index contributed by atoms with van der Waals surface area (Å²) in [7, 11) is 0. The van der Waals surface area contributed by atoms with E-state index in [-0.39, 0.29) is 23.2 Å². The third kappa shape index (κ3) is 1.55. The lowest BCUT2D eigenvalue weighted by molar-refractivity contribution is -0.113. The first kappa shape index (κ1) is 10.9. The van der Waals surface area contributed by atoms with Gasteiger partial charge in [-0.15, -0.1) is 0 Å². The summed E-state index contributed by atoms with van der Waals surface area (Å²) in [5.74, 6) is 1.04. The summed E-state index contributed by atoms with van der Waals surface area (Å²) >= 11 is 0. The van der Waals surface area contributed by atoms with E-state index in [9.17, 15) is 9.90 Å². The third-order valence-electron chi connectivity index (χ3n) is 4.65. The largest absolute Gasteiger partial charge is 0.393 e. The Kier molecular flexibility index (Phi) is 2.50. The molecule has 84 valence electrons. The lowest BCUT2D eigenvalue weighted by Crippen LogP contribution is -2.41. The summed E-state index contributed by atoms with van der Waals surface area (Å²) in [5, 5.41) is 9.90. The molecule has 0 radical (unpaired) electrons. The molecule has 0 amide bonds. The van der Waals surface area contributed by atoms with Crippen molar-refractivity contribution in [1.29, 1.82) is 0 Å². The average Bonchev–Trinajstić information content (AvgIpc) is 2.52. The van der Waals surface area contributed by atoms with Crippen LogP contribution < -0.4 is 0 Å². The number of carbonyl (C=O) groups excluding carboxylic acids is 1. The van der Waals surface area contributed by atoms with Crippen LogP contribution in [0.2, 0.25) is 0 Å². The molecule has 1 N–H and O–H groups in total. The molecule has 0 saturated heterocycles. The van der Waals surface area contributed by atoms with Crippen molar-refractivity contribution >= 4 is 5.78 Å². The monoisotopic (exact) mass is 208 g/mol. The molecule has 1 saturated carbocycles. The van der Waals surface area contributed by atoms with Gasteiger partial charge in [-0.2, -0.15) is 0 Å². The molecule has 4 atom stereocenters. The summed E-state index contributed by atoms with van der Waals surface area (Å²) in [6, 6.07) is 0. The maximum absolute atomic E-state index is 11.4. The number of rotatable bonds is 1. The number of aliphatic hydroxyl groups is 1. The van der Waals surface area contributed by atoms with Gasteiger partial charge in [0, 0.05) is 0 Å². The predicted molar refractivity (Wildman–Crippen MR) is 59.4 cm³/mol. The highest BCUT2D eigenvalue weighted by Gasteiger charge is 2.48. The number of ketones is 1. The van der Waals surface area contributed by atoms with Crippen LogP contribution in [-0.2, 0) is 4.79 Å². The first-order valence-electron chi connectivity index (χ1n) is 5.86. The minimum absolute atomic E-state index is 0.0403. The van der Waals surface area contributed by atoms with E-state index in [0.717, 1.165) is 24.8 Å². The van der Waals surface area contributed by atoms with Gasteiger partial charge in [0.15, 0.2) is 5.78 Å². The molecule has 2 rings (SSSR count). The second-order valence-corrected chi connectivity index (χ2v) is 5.43. The van der Waals surface area contributed by atoms with E-state index < -0.39 is 0 Å². The van der Waals surface area contributed by atoms with Gasteiger partial charge >= 0.3 is 0 Å². The fraction of sp³-hybridized carbons (Fsp3) is 0.769. The summed E-state index contributed by atoms with van der Waals surface area (Å²) < 4.78 is 0. The molecule has 2 aliphatic carbocycles. The number of carbonyl (C=O) groups is 1. The SMILES string of the molecule is CC(=O)C1=C[C@@]2(C)C(CC[C@H](O)C2C)C1. The molecule has 15 heavy (non-hydrogen) atoms. The second-order valence-electron chi connectivity index (χ2n) is 5.43. The maximum atomic E-state index is 11.4. The molecule has 0 heterocycles. The molecule has 0 aromatic carbocycles. The zero-order chi connectivity index (χ0) is 11.2. The molecule has 0 spiro atoms. The van der Waals surface area contributed by atoms with Gasteiger partial charge in [0.1, 0.15) is 0 Å². The van der Waals surface area contributed by atoms with Crippen LogP contribution in [0, 0.1) is 17.3 Å². The number of hydrogen-bond donors (Lipinski definition) is 1. The lowest BCUT2D eigenvalue weighted by atomic mass is 9.62. The maximum Gasteiger partial charge on any atom is 0.155 e. The van der Waals surface area contributed by atoms with E-state index in [0.29, 0.717) is 5.92 Å². The Bertz CT molecular complexity index is 318. The number of fused-ring (bicyclic) bond motifs is 1. The molecule has 0 aromatic heterocycles. The van der Waals surface area contributed by atoms with E-state index in [4.69, 9.17) is 0 Å². The quantitative estimate of drug-likeness (QED) is 0.718. The van der Waals surface area contributed by atoms with Crippen LogP contribution >= 0.6 is 0 Å². The summed E-state index contributed by atoms with van der Waals surface area (Å²) in [6.07, 6.45) is 4.79. The standard InChI is InChI=1S/C13H20O2/c1-8-12(15)5-4-11-6-10(9(2)14)7-13(8,11)3/h7-8,11-12,15H,4-6H2,1-3H3/t8?,11?,12-,13+/m0/s1. The van der Waals surface area contributed by atoms with Gasteiger partial charge in [-0.05, 0) is 49.0 Å². The van der Waals surface area contributed by atoms with Crippen LogP contribution in [0.3, 0.4) is 0 Å². The number of Topliss-reactive ketones (excluding diaryl/α,β-unsaturated/α-hetero) is 1. The van der Waals surface area contributed by atoms with Crippen molar-refractivity contribution in [3.05, 3.63) is 11.6 Å². The molecule has 2 aliphatic rings. The molecule has 0 aliphatic heterocycles. The van der Waals surface area contributed by atoms with Crippen LogP contribution in [0.4, 0.5) is 0 Å². The van der Waals surface area contributed by atoms with E-state index in [1.165, 1.54) is 0 Å². The lowest BCUT2D eigenvalue weighted by Gasteiger charge is -2.44. The Morgan fingerprint density at radius 3 is 2.80 bits per heavy atom. The van der Waals surface area contributed by atoms with Crippen molar-refractivity contribution in [2.45, 2.75) is 46.1 Å². The second kappa shape index (κ2) is 3.44. The van der Waals surface area contributed by atoms with Crippen molar-refractivity contribution < 1.29 is 9.90 Å². The van der Waals surface area contributed by atoms with Crippen LogP contribution in [0.25, 0.3) is 0 Å². The highest BCUT2D eigenvalue weighted by molar-refractivity contribution is 5.94. The molecule has 1 fully saturated rings. The van der Waals surface area contributed by atoms with Crippen molar-refractivity contribution in [3.63, 3.8) is 0 Å². The number of allylic oxidation sites excluding steroid dienone is 2. The van der Waals surface area contributed by atoms with Gasteiger partial charge in [-0.1, -0.05) is 19.9 Å². The molecule has 0 bridgehead atoms. The van der Waals surface area contributed by atoms with Crippen molar-refractivity contribution in [2.75, 3.05) is 0 Å². The van der Waals surface area contributed by atoms with Gasteiger partial charge in [-0.3, -0.25) is 4.79 Å². The van der Waals surface area contributed by atoms with Crippen LogP contribution in [0.1, 0.15) is 40.0 Å². The average molecular weight is 208 g/mol. The fourth-order valence-electron chi connectivity index (χ4n) is 3.24. The van der Waals surface area contributed by atoms with Crippen molar-refractivity contribution in [3.8, 4) is 0 Å². The van der Waals surface area contributed by atoms with Gasteiger partial charge in [-0.25, -0.2) is 0 Å². The Balaban J connectivity index is 2.31. The summed E-state index contributed by atoms with van der Waals surface area (Å²) in [6.45, 7) is 5.95. The topological polar surface area (TPSA) is 37.3 Å². The van der Waals surface area contributed by atoms with E-state index in [1.54, 1.807) is 6.92 Å². The molecule has 2 nitrogen and oxygen atoms in total. The smallest absolute Gasteiger partial charge is 0.155 e.